The summed E-state index contributed by atoms with van der Waals surface area (Å²) in [6.45, 7) is 4.43. The lowest BCUT2D eigenvalue weighted by atomic mass is 10.2. The number of carbonyl (C=O) groups is 1. The molecule has 4 rings (SSSR count). The van der Waals surface area contributed by atoms with Gasteiger partial charge in [0.1, 0.15) is 17.3 Å². The van der Waals surface area contributed by atoms with Gasteiger partial charge in [0.2, 0.25) is 0 Å². The molecule has 25 heavy (non-hydrogen) atoms. The summed E-state index contributed by atoms with van der Waals surface area (Å²) in [5.41, 5.74) is 0.818. The average molecular weight is 341 g/mol. The van der Waals surface area contributed by atoms with Gasteiger partial charge in [0, 0.05) is 12.6 Å². The highest BCUT2D eigenvalue weighted by molar-refractivity contribution is 5.89. The number of furan rings is 2. The minimum absolute atomic E-state index is 0.0452. The molecular weight excluding hydrogens is 322 g/mol. The number of aromatic nitrogens is 1. The summed E-state index contributed by atoms with van der Waals surface area (Å²) in [6, 6.07) is 7.09. The first-order valence-electron chi connectivity index (χ1n) is 8.27. The molecule has 1 atom stereocenters. The first-order valence-corrected chi connectivity index (χ1v) is 8.27. The fraction of sp³-hybridized carbons (Fsp3) is 0.333. The number of aryl methyl sites for hydroxylation is 2. The zero-order chi connectivity index (χ0) is 17.4. The molecule has 130 valence electrons. The third kappa shape index (κ3) is 2.93. The van der Waals surface area contributed by atoms with E-state index in [-0.39, 0.29) is 12.1 Å². The van der Waals surface area contributed by atoms with Gasteiger partial charge in [-0.05, 0) is 44.9 Å². The summed E-state index contributed by atoms with van der Waals surface area (Å²) < 4.78 is 16.3. The molecule has 0 bridgehead atoms. The van der Waals surface area contributed by atoms with E-state index >= 15 is 0 Å². The highest BCUT2D eigenvalue weighted by Gasteiger charge is 2.32. The fourth-order valence-corrected chi connectivity index (χ4v) is 3.22. The first-order chi connectivity index (χ1) is 12.1. The Balaban J connectivity index is 1.48. The van der Waals surface area contributed by atoms with Crippen molar-refractivity contribution in [1.82, 2.24) is 10.1 Å². The van der Waals surface area contributed by atoms with Gasteiger partial charge >= 0.3 is 6.03 Å². The van der Waals surface area contributed by atoms with Crippen molar-refractivity contribution >= 4 is 11.8 Å². The van der Waals surface area contributed by atoms with Crippen molar-refractivity contribution in [3.63, 3.8) is 0 Å². The summed E-state index contributed by atoms with van der Waals surface area (Å²) in [6.07, 6.45) is 3.42. The van der Waals surface area contributed by atoms with Crippen molar-refractivity contribution in [2.75, 3.05) is 11.9 Å². The Kier molecular flexibility index (Phi) is 3.83. The molecule has 1 N–H and O–H groups in total. The van der Waals surface area contributed by atoms with Crippen molar-refractivity contribution in [2.24, 2.45) is 0 Å². The maximum Gasteiger partial charge on any atom is 0.323 e. The molecule has 0 spiro atoms. The molecule has 0 aliphatic carbocycles. The van der Waals surface area contributed by atoms with Crippen molar-refractivity contribution < 1.29 is 18.2 Å². The van der Waals surface area contributed by atoms with Gasteiger partial charge in [0.25, 0.3) is 0 Å². The highest BCUT2D eigenvalue weighted by atomic mass is 16.5. The van der Waals surface area contributed by atoms with E-state index < -0.39 is 0 Å². The van der Waals surface area contributed by atoms with Crippen LogP contribution in [0, 0.1) is 13.8 Å². The van der Waals surface area contributed by atoms with Gasteiger partial charge in [-0.2, -0.15) is 0 Å². The summed E-state index contributed by atoms with van der Waals surface area (Å²) in [7, 11) is 0. The molecule has 1 saturated heterocycles. The van der Waals surface area contributed by atoms with E-state index in [2.05, 4.69) is 10.5 Å². The number of urea groups is 1. The second-order valence-corrected chi connectivity index (χ2v) is 6.20. The molecule has 2 amide bonds. The molecule has 7 nitrogen and oxygen atoms in total. The molecule has 1 aliphatic rings. The SMILES string of the molecule is Cc1ccc([C@@H]2CCCN2C(=O)Nc2cc(-c3ccoc3C)on2)o1. The number of nitrogens with zero attached hydrogens (tertiary/aromatic N) is 2. The Hall–Kier alpha value is -2.96. The van der Waals surface area contributed by atoms with E-state index in [4.69, 9.17) is 13.4 Å². The predicted octanol–water partition coefficient (Wildman–Crippen LogP) is 4.51. The van der Waals surface area contributed by atoms with Crippen molar-refractivity contribution in [1.29, 1.82) is 0 Å². The standard InChI is InChI=1S/C18H19N3O4/c1-11-5-6-15(24-11)14-4-3-8-21(14)18(22)19-17-10-16(25-20-17)13-7-9-23-12(13)2/h5-7,9-10,14H,3-4,8H2,1-2H3,(H,19,20,22)/t14-/m0/s1. The molecule has 0 unspecified atom stereocenters. The summed E-state index contributed by atoms with van der Waals surface area (Å²) in [4.78, 5) is 14.4. The number of likely N-dealkylation sites (tertiary alicyclic amines) is 1. The number of hydrogen-bond donors (Lipinski definition) is 1. The summed E-state index contributed by atoms with van der Waals surface area (Å²) in [5, 5.41) is 6.73. The topological polar surface area (TPSA) is 84.7 Å². The molecular formula is C18H19N3O4. The van der Waals surface area contributed by atoms with Gasteiger partial charge in [-0.15, -0.1) is 0 Å². The van der Waals surface area contributed by atoms with Gasteiger partial charge < -0.3 is 18.3 Å². The van der Waals surface area contributed by atoms with E-state index in [0.29, 0.717) is 18.1 Å². The number of carbonyl (C=O) groups excluding carboxylic acids is 1. The summed E-state index contributed by atoms with van der Waals surface area (Å²) >= 11 is 0. The Morgan fingerprint density at radius 1 is 1.32 bits per heavy atom. The molecule has 4 heterocycles. The number of rotatable bonds is 3. The van der Waals surface area contributed by atoms with E-state index in [1.165, 1.54) is 0 Å². The minimum Gasteiger partial charge on any atom is -0.469 e. The van der Waals surface area contributed by atoms with Crippen LogP contribution < -0.4 is 5.32 Å². The minimum atomic E-state index is -0.208. The third-order valence-electron chi connectivity index (χ3n) is 4.47. The van der Waals surface area contributed by atoms with Gasteiger partial charge in [-0.3, -0.25) is 5.32 Å². The van der Waals surface area contributed by atoms with Crippen LogP contribution in [0.4, 0.5) is 10.6 Å². The smallest absolute Gasteiger partial charge is 0.323 e. The fourth-order valence-electron chi connectivity index (χ4n) is 3.22. The van der Waals surface area contributed by atoms with Gasteiger partial charge in [-0.1, -0.05) is 5.16 Å². The zero-order valence-corrected chi connectivity index (χ0v) is 14.1. The lowest BCUT2D eigenvalue weighted by Crippen LogP contribution is -2.34. The molecule has 0 aromatic carbocycles. The van der Waals surface area contributed by atoms with Crippen LogP contribution in [0.25, 0.3) is 11.3 Å². The highest BCUT2D eigenvalue weighted by Crippen LogP contribution is 2.33. The van der Waals surface area contributed by atoms with Gasteiger partial charge in [-0.25, -0.2) is 4.79 Å². The second kappa shape index (κ2) is 6.16. The largest absolute Gasteiger partial charge is 0.469 e. The summed E-state index contributed by atoms with van der Waals surface area (Å²) in [5.74, 6) is 3.34. The van der Waals surface area contributed by atoms with Crippen LogP contribution >= 0.6 is 0 Å². The molecule has 7 heteroatoms. The van der Waals surface area contributed by atoms with Gasteiger partial charge in [0.05, 0.1) is 17.9 Å². The van der Waals surface area contributed by atoms with Crippen LogP contribution in [0.15, 0.2) is 43.9 Å². The maximum atomic E-state index is 12.6. The molecule has 0 radical (unpaired) electrons. The zero-order valence-electron chi connectivity index (χ0n) is 14.1. The Bertz CT molecular complexity index is 892. The second-order valence-electron chi connectivity index (χ2n) is 6.20. The van der Waals surface area contributed by atoms with Crippen molar-refractivity contribution in [3.8, 4) is 11.3 Å². The maximum absolute atomic E-state index is 12.6. The van der Waals surface area contributed by atoms with Crippen LogP contribution in [-0.4, -0.2) is 22.6 Å². The average Bonchev–Trinajstić information content (AvgIpc) is 3.33. The number of nitrogens with one attached hydrogen (secondary N) is 1. The Morgan fingerprint density at radius 3 is 2.92 bits per heavy atom. The Morgan fingerprint density at radius 2 is 2.20 bits per heavy atom. The molecule has 0 saturated carbocycles. The van der Waals surface area contributed by atoms with E-state index in [1.807, 2.05) is 26.0 Å². The van der Waals surface area contributed by atoms with Crippen LogP contribution in [-0.2, 0) is 0 Å². The number of amides is 2. The quantitative estimate of drug-likeness (QED) is 0.757. The van der Waals surface area contributed by atoms with E-state index in [1.54, 1.807) is 23.3 Å². The van der Waals surface area contributed by atoms with Gasteiger partial charge in [0.15, 0.2) is 11.6 Å². The van der Waals surface area contributed by atoms with Crippen LogP contribution in [0.2, 0.25) is 0 Å². The monoisotopic (exact) mass is 341 g/mol. The third-order valence-corrected chi connectivity index (χ3v) is 4.47. The van der Waals surface area contributed by atoms with Crippen molar-refractivity contribution in [2.45, 2.75) is 32.7 Å². The van der Waals surface area contributed by atoms with E-state index in [0.717, 1.165) is 35.7 Å². The molecule has 3 aromatic rings. The van der Waals surface area contributed by atoms with Crippen LogP contribution in [0.5, 0.6) is 0 Å². The number of hydrogen-bond acceptors (Lipinski definition) is 5. The van der Waals surface area contributed by atoms with Crippen molar-refractivity contribution in [3.05, 3.63) is 47.8 Å². The lowest BCUT2D eigenvalue weighted by Gasteiger charge is -2.22. The number of anilines is 1. The molecule has 3 aromatic heterocycles. The normalized spacial score (nSPS) is 17.2. The lowest BCUT2D eigenvalue weighted by molar-refractivity contribution is 0.199. The molecule has 1 aliphatic heterocycles. The Labute approximate surface area is 144 Å². The first kappa shape index (κ1) is 15.6. The van der Waals surface area contributed by atoms with Crippen LogP contribution in [0.3, 0.4) is 0 Å². The van der Waals surface area contributed by atoms with E-state index in [9.17, 15) is 4.79 Å². The van der Waals surface area contributed by atoms with Crippen LogP contribution in [0.1, 0.15) is 36.2 Å². The predicted molar refractivity (Wildman–Crippen MR) is 90.1 cm³/mol. The molecule has 1 fully saturated rings.